The minimum atomic E-state index is 0.376. The number of hydrogen-bond acceptors (Lipinski definition) is 5. The first-order valence-corrected chi connectivity index (χ1v) is 8.92. The molecule has 1 aliphatic carbocycles. The van der Waals surface area contributed by atoms with E-state index in [0.717, 1.165) is 21.6 Å². The molecular formula is C17H19N3OS. The predicted octanol–water partition coefficient (Wildman–Crippen LogP) is 2.92. The number of aromatic nitrogens is 2. The van der Waals surface area contributed by atoms with Gasteiger partial charge >= 0.3 is 0 Å². The van der Waals surface area contributed by atoms with Gasteiger partial charge in [-0.15, -0.1) is 0 Å². The molecule has 3 saturated heterocycles. The van der Waals surface area contributed by atoms with E-state index in [0.29, 0.717) is 17.9 Å². The second kappa shape index (κ2) is 5.03. The van der Waals surface area contributed by atoms with Crippen LogP contribution in [-0.2, 0) is 0 Å². The van der Waals surface area contributed by atoms with Crippen LogP contribution in [0.25, 0.3) is 10.4 Å². The summed E-state index contributed by atoms with van der Waals surface area (Å²) < 4.78 is 6.35. The van der Waals surface area contributed by atoms with E-state index in [1.54, 1.807) is 17.5 Å². The molecule has 4 bridgehead atoms. The highest BCUT2D eigenvalue weighted by Gasteiger charge is 2.48. The molecule has 6 rings (SSSR count). The third-order valence-electron chi connectivity index (χ3n) is 5.37. The highest BCUT2D eigenvalue weighted by atomic mass is 32.1. The first-order chi connectivity index (χ1) is 10.8. The second-order valence-corrected chi connectivity index (χ2v) is 7.88. The van der Waals surface area contributed by atoms with Gasteiger partial charge in [0.25, 0.3) is 5.19 Å². The molecule has 2 atom stereocenters. The monoisotopic (exact) mass is 313 g/mol. The zero-order valence-electron chi connectivity index (χ0n) is 12.4. The summed E-state index contributed by atoms with van der Waals surface area (Å²) in [5.74, 6) is 2.33. The summed E-state index contributed by atoms with van der Waals surface area (Å²) in [6.07, 6.45) is 8.66. The van der Waals surface area contributed by atoms with Gasteiger partial charge in [0.15, 0.2) is 0 Å². The standard InChI is InChI=1S/C17H19N3OS/c1-2-12(6-18-3-1)15-7-19-17(22-15)21-16-13-4-11-5-14(16)10-20(8-11)9-13/h1-3,6-7,11,13-14,16H,4-5,8-10H2. The van der Waals surface area contributed by atoms with Crippen molar-refractivity contribution in [1.82, 2.24) is 14.9 Å². The third-order valence-corrected chi connectivity index (χ3v) is 6.31. The molecule has 22 heavy (non-hydrogen) atoms. The Labute approximate surface area is 134 Å². The number of pyridine rings is 1. The second-order valence-electron chi connectivity index (χ2n) is 6.89. The first-order valence-electron chi connectivity index (χ1n) is 8.10. The topological polar surface area (TPSA) is 38.3 Å². The average Bonchev–Trinajstić information content (AvgIpc) is 3.00. The van der Waals surface area contributed by atoms with Crippen molar-refractivity contribution in [2.75, 3.05) is 19.6 Å². The maximum absolute atomic E-state index is 6.35. The molecule has 2 unspecified atom stereocenters. The Hall–Kier alpha value is -1.46. The summed E-state index contributed by atoms with van der Waals surface area (Å²) in [5.41, 5.74) is 1.12. The molecule has 4 fully saturated rings. The van der Waals surface area contributed by atoms with Gasteiger partial charge in [-0.3, -0.25) is 4.98 Å². The summed E-state index contributed by atoms with van der Waals surface area (Å²) >= 11 is 1.64. The van der Waals surface area contributed by atoms with E-state index in [-0.39, 0.29) is 0 Å². The molecule has 0 spiro atoms. The van der Waals surface area contributed by atoms with E-state index >= 15 is 0 Å². The summed E-state index contributed by atoms with van der Waals surface area (Å²) in [6.45, 7) is 3.76. The van der Waals surface area contributed by atoms with Crippen LogP contribution in [0.1, 0.15) is 12.8 Å². The van der Waals surface area contributed by atoms with Crippen LogP contribution >= 0.6 is 11.3 Å². The van der Waals surface area contributed by atoms with Crippen LogP contribution in [0, 0.1) is 17.8 Å². The maximum Gasteiger partial charge on any atom is 0.274 e. The summed E-state index contributed by atoms with van der Waals surface area (Å²) in [7, 11) is 0. The highest BCUT2D eigenvalue weighted by Crippen LogP contribution is 2.45. The Morgan fingerprint density at radius 1 is 1.14 bits per heavy atom. The quantitative estimate of drug-likeness (QED) is 0.873. The van der Waals surface area contributed by atoms with E-state index in [1.807, 2.05) is 18.5 Å². The Morgan fingerprint density at radius 3 is 2.73 bits per heavy atom. The molecule has 0 radical (unpaired) electrons. The molecule has 0 amide bonds. The lowest BCUT2D eigenvalue weighted by atomic mass is 9.66. The van der Waals surface area contributed by atoms with Crippen LogP contribution in [0.5, 0.6) is 5.19 Å². The SMILES string of the molecule is c1cncc(-c2cnc(OC3C4CC5CC3CN(C5)C4)s2)c1. The maximum atomic E-state index is 6.35. The number of piperidine rings is 3. The summed E-state index contributed by atoms with van der Waals surface area (Å²) in [6, 6.07) is 4.03. The molecule has 2 aromatic heterocycles. The van der Waals surface area contributed by atoms with Crippen LogP contribution in [0.4, 0.5) is 0 Å². The number of ether oxygens (including phenoxy) is 1. The molecule has 5 heterocycles. The van der Waals surface area contributed by atoms with Gasteiger partial charge in [0.2, 0.25) is 0 Å². The van der Waals surface area contributed by atoms with Gasteiger partial charge in [-0.25, -0.2) is 4.98 Å². The van der Waals surface area contributed by atoms with E-state index in [9.17, 15) is 0 Å². The van der Waals surface area contributed by atoms with Crippen molar-refractivity contribution in [3.63, 3.8) is 0 Å². The summed E-state index contributed by atoms with van der Waals surface area (Å²) in [4.78, 5) is 12.4. The summed E-state index contributed by atoms with van der Waals surface area (Å²) in [5, 5.41) is 0.825. The van der Waals surface area contributed by atoms with E-state index in [4.69, 9.17) is 4.74 Å². The van der Waals surface area contributed by atoms with Gasteiger partial charge in [0.05, 0.1) is 4.88 Å². The molecule has 5 heteroatoms. The minimum absolute atomic E-state index is 0.376. The van der Waals surface area contributed by atoms with Crippen LogP contribution in [-0.4, -0.2) is 40.6 Å². The number of rotatable bonds is 3. The Bertz CT molecular complexity index is 644. The lowest BCUT2D eigenvalue weighted by Gasteiger charge is -2.55. The molecule has 4 nitrogen and oxygen atoms in total. The van der Waals surface area contributed by atoms with Gasteiger partial charge in [0.1, 0.15) is 6.10 Å². The Kier molecular flexibility index (Phi) is 2.98. The van der Waals surface area contributed by atoms with Crippen LogP contribution < -0.4 is 4.74 Å². The Balaban J connectivity index is 1.35. The van der Waals surface area contributed by atoms with Crippen molar-refractivity contribution in [2.45, 2.75) is 18.9 Å². The van der Waals surface area contributed by atoms with Gasteiger partial charge in [-0.2, -0.15) is 0 Å². The fourth-order valence-electron chi connectivity index (χ4n) is 4.63. The minimum Gasteiger partial charge on any atom is -0.466 e. The van der Waals surface area contributed by atoms with Crippen molar-refractivity contribution in [1.29, 1.82) is 0 Å². The van der Waals surface area contributed by atoms with Crippen molar-refractivity contribution >= 4 is 11.3 Å². The van der Waals surface area contributed by atoms with Crippen molar-refractivity contribution < 1.29 is 4.74 Å². The average molecular weight is 313 g/mol. The van der Waals surface area contributed by atoms with E-state index in [2.05, 4.69) is 20.9 Å². The fraction of sp³-hybridized carbons (Fsp3) is 0.529. The first kappa shape index (κ1) is 13.0. The molecule has 1 saturated carbocycles. The third kappa shape index (κ3) is 2.15. The molecule has 2 aromatic rings. The van der Waals surface area contributed by atoms with E-state index in [1.165, 1.54) is 32.5 Å². The van der Waals surface area contributed by atoms with Crippen molar-refractivity contribution in [3.05, 3.63) is 30.7 Å². The lowest BCUT2D eigenvalue weighted by molar-refractivity contribution is -0.0985. The lowest BCUT2D eigenvalue weighted by Crippen LogP contribution is -2.61. The number of thiazole rings is 1. The van der Waals surface area contributed by atoms with Crippen molar-refractivity contribution in [3.8, 4) is 15.6 Å². The number of nitrogens with zero attached hydrogens (tertiary/aromatic N) is 3. The van der Waals surface area contributed by atoms with Crippen molar-refractivity contribution in [2.24, 2.45) is 17.8 Å². The molecule has 114 valence electrons. The molecule has 0 aromatic carbocycles. The normalized spacial score (nSPS) is 35.7. The van der Waals surface area contributed by atoms with Gasteiger partial charge in [-0.05, 0) is 24.8 Å². The Morgan fingerprint density at radius 2 is 2.00 bits per heavy atom. The molecule has 3 aliphatic heterocycles. The van der Waals surface area contributed by atoms with E-state index < -0.39 is 0 Å². The molecular weight excluding hydrogens is 294 g/mol. The zero-order chi connectivity index (χ0) is 14.5. The number of hydrogen-bond donors (Lipinski definition) is 0. The largest absolute Gasteiger partial charge is 0.466 e. The predicted molar refractivity (Wildman–Crippen MR) is 85.9 cm³/mol. The highest BCUT2D eigenvalue weighted by molar-refractivity contribution is 7.16. The smallest absolute Gasteiger partial charge is 0.274 e. The van der Waals surface area contributed by atoms with Gasteiger partial charge in [0, 0.05) is 55.6 Å². The zero-order valence-corrected chi connectivity index (χ0v) is 13.2. The molecule has 4 aliphatic rings. The fourth-order valence-corrected chi connectivity index (χ4v) is 5.42. The van der Waals surface area contributed by atoms with Crippen LogP contribution in [0.2, 0.25) is 0 Å². The van der Waals surface area contributed by atoms with Gasteiger partial charge < -0.3 is 9.64 Å². The van der Waals surface area contributed by atoms with Gasteiger partial charge in [-0.1, -0.05) is 17.4 Å². The molecule has 0 N–H and O–H groups in total. The van der Waals surface area contributed by atoms with Crippen LogP contribution in [0.3, 0.4) is 0 Å². The van der Waals surface area contributed by atoms with Crippen LogP contribution in [0.15, 0.2) is 30.7 Å².